The van der Waals surface area contributed by atoms with Crippen molar-refractivity contribution in [3.8, 4) is 0 Å². The first-order chi connectivity index (χ1) is 8.34. The van der Waals surface area contributed by atoms with Gasteiger partial charge in [-0.1, -0.05) is 54.6 Å². The van der Waals surface area contributed by atoms with Gasteiger partial charge in [0.1, 0.15) is 0 Å². The third kappa shape index (κ3) is 1.89. The van der Waals surface area contributed by atoms with Crippen LogP contribution >= 0.6 is 0 Å². The van der Waals surface area contributed by atoms with Gasteiger partial charge in [-0.25, -0.2) is 0 Å². The highest BCUT2D eigenvalue weighted by atomic mass is 16.1. The van der Waals surface area contributed by atoms with Gasteiger partial charge in [0.05, 0.1) is 0 Å². The van der Waals surface area contributed by atoms with Gasteiger partial charge in [-0.3, -0.25) is 4.79 Å². The summed E-state index contributed by atoms with van der Waals surface area (Å²) in [5.74, 6) is 0.655. The number of Topliss-reactive ketones (excluding diaryl/α,β-unsaturated/α-hetero) is 1. The van der Waals surface area contributed by atoms with Crippen molar-refractivity contribution < 1.29 is 4.79 Å². The molecule has 2 aromatic rings. The summed E-state index contributed by atoms with van der Waals surface area (Å²) in [5, 5.41) is 0. The van der Waals surface area contributed by atoms with E-state index in [1.54, 1.807) is 0 Å². The Kier molecular flexibility index (Phi) is 2.52. The second-order valence-corrected chi connectivity index (χ2v) is 4.60. The summed E-state index contributed by atoms with van der Waals surface area (Å²) in [6.45, 7) is 0. The minimum absolute atomic E-state index is 0.293. The molecule has 84 valence electrons. The van der Waals surface area contributed by atoms with Crippen molar-refractivity contribution in [3.63, 3.8) is 0 Å². The number of carbonyl (C=O) groups excluding carboxylic acids is 1. The summed E-state index contributed by atoms with van der Waals surface area (Å²) >= 11 is 0. The first kappa shape index (κ1) is 10.3. The van der Waals surface area contributed by atoms with Crippen LogP contribution in [0.4, 0.5) is 0 Å². The molecule has 2 aromatic carbocycles. The molecule has 0 saturated heterocycles. The maximum absolute atomic E-state index is 11.9. The third-order valence-corrected chi connectivity index (χ3v) is 3.46. The quantitative estimate of drug-likeness (QED) is 0.758. The van der Waals surface area contributed by atoms with Crippen LogP contribution in [0.5, 0.6) is 0 Å². The lowest BCUT2D eigenvalue weighted by atomic mass is 9.94. The van der Waals surface area contributed by atoms with Crippen LogP contribution in [0.15, 0.2) is 54.6 Å². The van der Waals surface area contributed by atoms with E-state index in [1.807, 2.05) is 24.3 Å². The molecule has 1 aliphatic rings. The molecule has 17 heavy (non-hydrogen) atoms. The van der Waals surface area contributed by atoms with Gasteiger partial charge in [-0.05, 0) is 23.5 Å². The molecule has 1 atom stereocenters. The van der Waals surface area contributed by atoms with Crippen LogP contribution in [0.1, 0.15) is 33.8 Å². The molecule has 1 unspecified atom stereocenters. The van der Waals surface area contributed by atoms with Crippen LogP contribution in [0, 0.1) is 0 Å². The monoisotopic (exact) mass is 222 g/mol. The molecule has 1 heteroatoms. The molecule has 1 nitrogen and oxygen atoms in total. The zero-order valence-electron chi connectivity index (χ0n) is 9.60. The Labute approximate surface area is 101 Å². The van der Waals surface area contributed by atoms with Crippen molar-refractivity contribution >= 4 is 5.78 Å². The van der Waals surface area contributed by atoms with Gasteiger partial charge in [0.15, 0.2) is 5.78 Å². The minimum Gasteiger partial charge on any atom is -0.294 e. The molecule has 0 spiro atoms. The lowest BCUT2D eigenvalue weighted by Crippen LogP contribution is -1.98. The molecule has 0 aromatic heterocycles. The first-order valence-electron chi connectivity index (χ1n) is 6.00. The summed E-state index contributed by atoms with van der Waals surface area (Å²) in [6, 6.07) is 18.4. The lowest BCUT2D eigenvalue weighted by Gasteiger charge is -2.10. The van der Waals surface area contributed by atoms with Gasteiger partial charge in [0, 0.05) is 12.0 Å². The Morgan fingerprint density at radius 3 is 2.47 bits per heavy atom. The van der Waals surface area contributed by atoms with Crippen LogP contribution in [-0.4, -0.2) is 5.78 Å². The summed E-state index contributed by atoms with van der Waals surface area (Å²) in [4.78, 5) is 11.9. The number of rotatable bonds is 2. The number of hydrogen-bond donors (Lipinski definition) is 0. The van der Waals surface area contributed by atoms with E-state index in [9.17, 15) is 4.79 Å². The third-order valence-electron chi connectivity index (χ3n) is 3.46. The fourth-order valence-corrected chi connectivity index (χ4v) is 2.63. The average molecular weight is 222 g/mol. The van der Waals surface area contributed by atoms with Gasteiger partial charge in [0.2, 0.25) is 0 Å². The van der Waals surface area contributed by atoms with Gasteiger partial charge >= 0.3 is 0 Å². The van der Waals surface area contributed by atoms with E-state index in [0.717, 1.165) is 12.0 Å². The van der Waals surface area contributed by atoms with Crippen molar-refractivity contribution in [1.82, 2.24) is 0 Å². The van der Waals surface area contributed by atoms with E-state index in [2.05, 4.69) is 30.3 Å². The van der Waals surface area contributed by atoms with Gasteiger partial charge in [-0.15, -0.1) is 0 Å². The van der Waals surface area contributed by atoms with Gasteiger partial charge in [0.25, 0.3) is 0 Å². The Morgan fingerprint density at radius 2 is 1.65 bits per heavy atom. The minimum atomic E-state index is 0.293. The SMILES string of the molecule is O=C1CC(Cc2ccccc2)c2ccccc21. The highest BCUT2D eigenvalue weighted by Gasteiger charge is 2.28. The summed E-state index contributed by atoms with van der Waals surface area (Å²) in [6.07, 6.45) is 1.62. The Hall–Kier alpha value is -1.89. The zero-order chi connectivity index (χ0) is 11.7. The maximum atomic E-state index is 11.9. The molecular formula is C16H14O. The number of hydrogen-bond acceptors (Lipinski definition) is 1. The van der Waals surface area contributed by atoms with Crippen molar-refractivity contribution in [2.24, 2.45) is 0 Å². The number of carbonyl (C=O) groups is 1. The summed E-state index contributed by atoms with van der Waals surface area (Å²) in [5.41, 5.74) is 3.46. The Morgan fingerprint density at radius 1 is 0.941 bits per heavy atom. The lowest BCUT2D eigenvalue weighted by molar-refractivity contribution is 0.0989. The van der Waals surface area contributed by atoms with E-state index in [-0.39, 0.29) is 0 Å². The smallest absolute Gasteiger partial charge is 0.163 e. The van der Waals surface area contributed by atoms with Crippen LogP contribution < -0.4 is 0 Å². The van der Waals surface area contributed by atoms with E-state index in [4.69, 9.17) is 0 Å². The van der Waals surface area contributed by atoms with E-state index in [0.29, 0.717) is 18.1 Å². The molecular weight excluding hydrogens is 208 g/mol. The Bertz CT molecular complexity index is 542. The Balaban J connectivity index is 1.90. The number of ketones is 1. The van der Waals surface area contributed by atoms with Crippen molar-refractivity contribution in [2.45, 2.75) is 18.8 Å². The van der Waals surface area contributed by atoms with E-state index >= 15 is 0 Å². The van der Waals surface area contributed by atoms with Crippen LogP contribution in [0.2, 0.25) is 0 Å². The topological polar surface area (TPSA) is 17.1 Å². The van der Waals surface area contributed by atoms with Crippen LogP contribution in [0.25, 0.3) is 0 Å². The second-order valence-electron chi connectivity index (χ2n) is 4.60. The van der Waals surface area contributed by atoms with Crippen LogP contribution in [0.3, 0.4) is 0 Å². The fraction of sp³-hybridized carbons (Fsp3) is 0.188. The summed E-state index contributed by atoms with van der Waals surface area (Å²) < 4.78 is 0. The normalized spacial score (nSPS) is 18.1. The molecule has 0 radical (unpaired) electrons. The van der Waals surface area contributed by atoms with E-state index in [1.165, 1.54) is 11.1 Å². The molecule has 0 bridgehead atoms. The second kappa shape index (κ2) is 4.17. The molecule has 0 N–H and O–H groups in total. The summed E-state index contributed by atoms with van der Waals surface area (Å²) in [7, 11) is 0. The van der Waals surface area contributed by atoms with Gasteiger partial charge < -0.3 is 0 Å². The number of benzene rings is 2. The largest absolute Gasteiger partial charge is 0.294 e. The molecule has 1 aliphatic carbocycles. The van der Waals surface area contributed by atoms with Crippen molar-refractivity contribution in [3.05, 3.63) is 71.3 Å². The first-order valence-corrected chi connectivity index (χ1v) is 6.00. The highest BCUT2D eigenvalue weighted by molar-refractivity contribution is 6.01. The molecule has 0 saturated carbocycles. The molecule has 3 rings (SSSR count). The van der Waals surface area contributed by atoms with Gasteiger partial charge in [-0.2, -0.15) is 0 Å². The fourth-order valence-electron chi connectivity index (χ4n) is 2.63. The van der Waals surface area contributed by atoms with E-state index < -0.39 is 0 Å². The maximum Gasteiger partial charge on any atom is 0.163 e. The van der Waals surface area contributed by atoms with Crippen molar-refractivity contribution in [1.29, 1.82) is 0 Å². The number of fused-ring (bicyclic) bond motifs is 1. The predicted octanol–water partition coefficient (Wildman–Crippen LogP) is 3.60. The van der Waals surface area contributed by atoms with Crippen LogP contribution in [-0.2, 0) is 6.42 Å². The average Bonchev–Trinajstić information content (AvgIpc) is 2.69. The standard InChI is InChI=1S/C16H14O/c17-16-11-13(10-12-6-2-1-3-7-12)14-8-4-5-9-15(14)16/h1-9,13H,10-11H2. The molecule has 0 aliphatic heterocycles. The highest BCUT2D eigenvalue weighted by Crippen LogP contribution is 2.35. The van der Waals surface area contributed by atoms with Crippen molar-refractivity contribution in [2.75, 3.05) is 0 Å². The molecule has 0 amide bonds. The zero-order valence-corrected chi connectivity index (χ0v) is 9.60. The predicted molar refractivity (Wildman–Crippen MR) is 68.3 cm³/mol. The molecule has 0 fully saturated rings. The molecule has 0 heterocycles.